The molecule has 0 aliphatic rings. The number of benzene rings is 10. The van der Waals surface area contributed by atoms with Crippen molar-refractivity contribution in [2.24, 2.45) is 0 Å². The average Bonchev–Trinajstić information content (AvgIpc) is 1.58. The number of imidazole rings is 1. The van der Waals surface area contributed by atoms with Crippen LogP contribution >= 0.6 is 0 Å². The van der Waals surface area contributed by atoms with Crippen LogP contribution in [-0.4, -0.2) is 14.5 Å². The van der Waals surface area contributed by atoms with E-state index < -0.39 is 6.85 Å². The van der Waals surface area contributed by atoms with Crippen molar-refractivity contribution in [1.82, 2.24) is 14.5 Å². The number of fused-ring (bicyclic) bond motifs is 7. The maximum absolute atomic E-state index is 7.83. The van der Waals surface area contributed by atoms with Gasteiger partial charge < -0.3 is 9.40 Å². The first kappa shape index (κ1) is 56.6. The van der Waals surface area contributed by atoms with Crippen LogP contribution in [-0.2, 0) is 36.4 Å². The maximum Gasteiger partial charge on any atom is 0.149 e. The first-order valence-electron chi connectivity index (χ1n) is 32.0. The van der Waals surface area contributed by atoms with Crippen molar-refractivity contribution in [3.8, 4) is 61.7 Å². The van der Waals surface area contributed by atoms with Gasteiger partial charge >= 0.3 is 0 Å². The molecule has 0 N–H and O–H groups in total. The van der Waals surface area contributed by atoms with Gasteiger partial charge in [-0.2, -0.15) is 0 Å². The molecule has 13 aromatic rings. The van der Waals surface area contributed by atoms with E-state index in [1.807, 2.05) is 48.7 Å². The van der Waals surface area contributed by atoms with Gasteiger partial charge in [-0.3, -0.25) is 4.57 Å². The van der Waals surface area contributed by atoms with Gasteiger partial charge in [0, 0.05) is 41.2 Å². The molecule has 5 heteroatoms. The van der Waals surface area contributed by atoms with E-state index in [9.17, 15) is 0 Å². The molecule has 0 aliphatic carbocycles. The average molecular weight is 1320 g/mol. The van der Waals surface area contributed by atoms with E-state index in [0.717, 1.165) is 72.3 Å². The first-order valence-corrected chi connectivity index (χ1v) is 30.5. The summed E-state index contributed by atoms with van der Waals surface area (Å²) in [4.78, 5) is 10.1. The van der Waals surface area contributed by atoms with Crippen molar-refractivity contribution < 1.29 is 28.6 Å². The molecule has 0 unspecified atom stereocenters. The van der Waals surface area contributed by atoms with Crippen LogP contribution in [0.2, 0.25) is 0 Å². The fourth-order valence-electron chi connectivity index (χ4n) is 12.1. The Labute approximate surface area is 533 Å². The van der Waals surface area contributed by atoms with E-state index in [1.165, 1.54) is 71.7 Å². The molecule has 1 radical (unpaired) electrons. The molecule has 0 saturated carbocycles. The molecule has 0 fully saturated rings. The molecule has 0 saturated heterocycles. The number of nitrogens with zero attached hydrogens (tertiary/aromatic N) is 3. The molecule has 0 spiro atoms. The number of aromatic nitrogens is 3. The van der Waals surface area contributed by atoms with Crippen molar-refractivity contribution in [2.75, 3.05) is 0 Å². The topological polar surface area (TPSA) is 43.9 Å². The third-order valence-corrected chi connectivity index (χ3v) is 17.3. The quantitative estimate of drug-likeness (QED) is 0.112. The summed E-state index contributed by atoms with van der Waals surface area (Å²) in [6.45, 7) is 29.6. The zero-order chi connectivity index (χ0) is 63.1. The molecule has 439 valence electrons. The van der Waals surface area contributed by atoms with Crippen LogP contribution < -0.4 is 0 Å². The summed E-state index contributed by atoms with van der Waals surface area (Å²) in [7, 11) is 0. The third kappa shape index (κ3) is 11.8. The summed E-state index contributed by atoms with van der Waals surface area (Å²) >= 11 is 0. The second kappa shape index (κ2) is 23.5. The van der Waals surface area contributed by atoms with E-state index in [-0.39, 0.29) is 48.2 Å². The first-order chi connectivity index (χ1) is 42.2. The molecule has 4 nitrogen and oxygen atoms in total. The van der Waals surface area contributed by atoms with E-state index in [0.29, 0.717) is 11.1 Å². The minimum atomic E-state index is -2.19. The molecule has 10 aromatic carbocycles. The summed E-state index contributed by atoms with van der Waals surface area (Å²) in [5.74, 6) is 1.39. The smallest absolute Gasteiger partial charge is 0.149 e. The van der Waals surface area contributed by atoms with Crippen LogP contribution in [0.4, 0.5) is 0 Å². The van der Waals surface area contributed by atoms with E-state index in [2.05, 4.69) is 258 Å². The van der Waals surface area contributed by atoms with Gasteiger partial charge in [0.2, 0.25) is 0 Å². The van der Waals surface area contributed by atoms with Crippen LogP contribution in [0.5, 0.6) is 0 Å². The Bertz CT molecular complexity index is 4750. The van der Waals surface area contributed by atoms with Crippen molar-refractivity contribution in [3.63, 3.8) is 0 Å². The summed E-state index contributed by atoms with van der Waals surface area (Å²) in [6.07, 6.45) is 1.88. The Balaban J connectivity index is 0.000000259. The second-order valence-electron chi connectivity index (χ2n) is 27.3. The normalized spacial score (nSPS) is 12.9. The van der Waals surface area contributed by atoms with Crippen molar-refractivity contribution in [2.45, 2.75) is 132 Å². The maximum atomic E-state index is 7.83. The summed E-state index contributed by atoms with van der Waals surface area (Å²) in [5.41, 5.74) is 22.2. The molecule has 0 aliphatic heterocycles. The molecule has 87 heavy (non-hydrogen) atoms. The molecule has 3 aromatic heterocycles. The number of para-hydroxylation sites is 2. The number of hydrogen-bond acceptors (Lipinski definition) is 3. The fraction of sp³-hybridized carbons (Fsp3) is 0.244. The molecule has 3 heterocycles. The number of pyridine rings is 1. The fourth-order valence-corrected chi connectivity index (χ4v) is 12.1. The zero-order valence-electron chi connectivity index (χ0n) is 55.8. The summed E-state index contributed by atoms with van der Waals surface area (Å²) in [5, 5.41) is 7.10. The summed E-state index contributed by atoms with van der Waals surface area (Å²) in [6, 6.07) is 72.1. The minimum Gasteiger partial charge on any atom is -0.455 e. The van der Waals surface area contributed by atoms with Gasteiger partial charge in [0.1, 0.15) is 17.0 Å². The number of hydrogen-bond donors (Lipinski definition) is 0. The van der Waals surface area contributed by atoms with E-state index in [1.54, 1.807) is 6.07 Å². The predicted molar refractivity (Wildman–Crippen MR) is 367 cm³/mol. The minimum absolute atomic E-state index is 0. The van der Waals surface area contributed by atoms with Gasteiger partial charge in [-0.05, 0) is 160 Å². The number of furan rings is 1. The molecule has 0 bridgehead atoms. The predicted octanol–water partition coefficient (Wildman–Crippen LogP) is 23.2. The van der Waals surface area contributed by atoms with E-state index >= 15 is 0 Å². The third-order valence-electron chi connectivity index (χ3n) is 17.3. The standard InChI is InChI=1S/C60H58N2O.C22H22N.Ir/c1-35(2)48-31-43(39-23-21-38(22-24-39)42-28-44(59(6,7)8)33-45(29-42)60(9,10)11)32-49(36(3)4)56(48)62-53-19-15-14-18-52(53)61-58(62)55-37(5)20-27-47-51-30-41-26-25-40-16-12-13-17-46(40)50(41)34-54(51)63-57(47)55;1-16-10-11-18(14-20(16)17-8-6-5-7-9-17)21-13-12-19(15-23-21)22(2,3)4;/h12-36H,1-11H3;5-10,12-15H,1-4H3;/q;-1;/i;1D3;. The monoisotopic (exact) mass is 1320 g/mol. The Hall–Kier alpha value is -8.21. The molecule has 0 amide bonds. The molecular formula is C82H80IrN3O-. The number of aryl methyl sites for hydroxylation is 2. The zero-order valence-corrected chi connectivity index (χ0v) is 55.2. The second-order valence-corrected chi connectivity index (χ2v) is 27.3. The van der Waals surface area contributed by atoms with Gasteiger partial charge in [0.15, 0.2) is 0 Å². The van der Waals surface area contributed by atoms with Crippen LogP contribution in [0.1, 0.15) is 145 Å². The van der Waals surface area contributed by atoms with Gasteiger partial charge in [0.05, 0.1) is 22.3 Å². The van der Waals surface area contributed by atoms with Crippen LogP contribution in [0, 0.1) is 19.8 Å². The van der Waals surface area contributed by atoms with Crippen LogP contribution in [0.3, 0.4) is 0 Å². The van der Waals surface area contributed by atoms with Gasteiger partial charge in [-0.15, -0.1) is 29.3 Å². The van der Waals surface area contributed by atoms with Crippen molar-refractivity contribution in [3.05, 3.63) is 245 Å². The van der Waals surface area contributed by atoms with Crippen LogP contribution in [0.25, 0.3) is 116 Å². The van der Waals surface area contributed by atoms with Crippen molar-refractivity contribution in [1.29, 1.82) is 0 Å². The SMILES string of the molecule is Cc1ccc2c(oc3cc4c(ccc5ccccc54)cc32)c1-c1nc2ccccc2n1-c1c(C(C)C)cc(-c2ccc(-c3cc(C(C)(C)C)cc(C(C)(C)C)c3)cc2)cc1C(C)C.[2H]C([2H])([2H])c1c[c-]c(-c2ccc(C(C)(C)C)cn2)cc1-c1ccccc1.[Ir]. The molecule has 13 rings (SSSR count). The Morgan fingerprint density at radius 2 is 1.11 bits per heavy atom. The van der Waals surface area contributed by atoms with Gasteiger partial charge in [0.25, 0.3) is 0 Å². The largest absolute Gasteiger partial charge is 0.455 e. The van der Waals surface area contributed by atoms with Gasteiger partial charge in [-0.1, -0.05) is 248 Å². The Morgan fingerprint density at radius 3 is 1.74 bits per heavy atom. The Kier molecular flexibility index (Phi) is 15.3. The molecule has 0 atom stereocenters. The van der Waals surface area contributed by atoms with E-state index in [4.69, 9.17) is 13.5 Å². The summed E-state index contributed by atoms with van der Waals surface area (Å²) < 4.78 is 33.0. The number of rotatable bonds is 8. The van der Waals surface area contributed by atoms with Crippen molar-refractivity contribution >= 4 is 54.5 Å². The van der Waals surface area contributed by atoms with Gasteiger partial charge in [-0.25, -0.2) is 4.98 Å². The van der Waals surface area contributed by atoms with Crippen LogP contribution in [0.15, 0.2) is 205 Å². The Morgan fingerprint density at radius 1 is 0.506 bits per heavy atom. The molecular weight excluding hydrogens is 1240 g/mol.